The molecule has 0 saturated heterocycles. The minimum atomic E-state index is 0. The monoisotopic (exact) mass is 489 g/mol. The maximum absolute atomic E-state index is 2.44. The minimum absolute atomic E-state index is 0. The van der Waals surface area contributed by atoms with E-state index in [0.717, 1.165) is 12.8 Å². The van der Waals surface area contributed by atoms with E-state index in [2.05, 4.69) is 69.3 Å². The zero-order chi connectivity index (χ0) is 18.4. The van der Waals surface area contributed by atoms with E-state index in [1.807, 2.05) is 0 Å². The van der Waals surface area contributed by atoms with Crippen molar-refractivity contribution in [3.05, 3.63) is 82.0 Å². The Morgan fingerprint density at radius 3 is 2.36 bits per heavy atom. The summed E-state index contributed by atoms with van der Waals surface area (Å²) in [6, 6.07) is 11.4. The normalized spacial score (nSPS) is 28.7. The van der Waals surface area contributed by atoms with Gasteiger partial charge in [0.25, 0.3) is 0 Å². The topological polar surface area (TPSA) is 0 Å². The minimum Gasteiger partial charge on any atom is -1.00 e. The van der Waals surface area contributed by atoms with Crippen molar-refractivity contribution in [1.82, 2.24) is 0 Å². The summed E-state index contributed by atoms with van der Waals surface area (Å²) in [6.45, 7) is 7.22. The Bertz CT molecular complexity index is 847. The SMILES string of the molecule is CCC1=C(C)[C]([Zr+2])(C2=CC=CC2)C2=C1C(CC)(c1ccccc1)CCC2.[Cl-].[Cl-]. The molecule has 2 atom stereocenters. The van der Waals surface area contributed by atoms with E-state index >= 15 is 0 Å². The summed E-state index contributed by atoms with van der Waals surface area (Å²) >= 11 is 1.66. The van der Waals surface area contributed by atoms with Crippen LogP contribution in [0.3, 0.4) is 0 Å². The third kappa shape index (κ3) is 3.30. The van der Waals surface area contributed by atoms with Crippen LogP contribution in [0.25, 0.3) is 0 Å². The zero-order valence-electron chi connectivity index (χ0n) is 17.1. The van der Waals surface area contributed by atoms with Crippen LogP contribution in [0, 0.1) is 0 Å². The van der Waals surface area contributed by atoms with E-state index < -0.39 is 0 Å². The smallest absolute Gasteiger partial charge is 1.00 e. The van der Waals surface area contributed by atoms with Gasteiger partial charge in [0.2, 0.25) is 0 Å². The van der Waals surface area contributed by atoms with Crippen LogP contribution >= 0.6 is 0 Å². The van der Waals surface area contributed by atoms with E-state index in [4.69, 9.17) is 0 Å². The third-order valence-electron chi connectivity index (χ3n) is 7.12. The molecule has 0 aromatic heterocycles. The molecule has 0 fully saturated rings. The fourth-order valence-electron chi connectivity index (χ4n) is 5.80. The molecule has 0 nitrogen and oxygen atoms in total. The van der Waals surface area contributed by atoms with Crippen LogP contribution < -0.4 is 24.8 Å². The molecule has 147 valence electrons. The van der Waals surface area contributed by atoms with Gasteiger partial charge in [-0.3, -0.25) is 0 Å². The zero-order valence-corrected chi connectivity index (χ0v) is 21.1. The second-order valence-electron chi connectivity index (χ2n) is 8.04. The van der Waals surface area contributed by atoms with E-state index in [1.54, 1.807) is 52.6 Å². The van der Waals surface area contributed by atoms with Crippen molar-refractivity contribution in [2.45, 2.75) is 67.8 Å². The molecule has 3 aliphatic rings. The molecule has 28 heavy (non-hydrogen) atoms. The molecule has 4 rings (SSSR count). The van der Waals surface area contributed by atoms with Crippen molar-refractivity contribution < 1.29 is 49.5 Å². The van der Waals surface area contributed by atoms with Gasteiger partial charge in [-0.25, -0.2) is 0 Å². The van der Waals surface area contributed by atoms with Crippen molar-refractivity contribution in [2.75, 3.05) is 0 Å². The van der Waals surface area contributed by atoms with Crippen LogP contribution in [0.1, 0.15) is 64.9 Å². The van der Waals surface area contributed by atoms with Crippen molar-refractivity contribution in [3.63, 3.8) is 0 Å². The summed E-state index contributed by atoms with van der Waals surface area (Å²) in [5.41, 5.74) is 10.2. The van der Waals surface area contributed by atoms with Crippen molar-refractivity contribution in [1.29, 1.82) is 0 Å². The van der Waals surface area contributed by atoms with Gasteiger partial charge in [0.1, 0.15) is 0 Å². The first kappa shape index (κ1) is 23.9. The Morgan fingerprint density at radius 2 is 1.79 bits per heavy atom. The van der Waals surface area contributed by atoms with Gasteiger partial charge in [-0.1, -0.05) is 0 Å². The Labute approximate surface area is 198 Å². The van der Waals surface area contributed by atoms with E-state index in [9.17, 15) is 0 Å². The molecule has 0 aliphatic heterocycles. The number of halogens is 2. The first-order valence-electron chi connectivity index (χ1n) is 10.2. The van der Waals surface area contributed by atoms with Gasteiger partial charge in [-0.15, -0.1) is 0 Å². The summed E-state index contributed by atoms with van der Waals surface area (Å²) < 4.78 is 0.229. The Hall–Kier alpha value is -0.357. The molecule has 1 aromatic rings. The quantitative estimate of drug-likeness (QED) is 0.593. The number of allylic oxidation sites excluding steroid dienone is 8. The number of benzene rings is 1. The van der Waals surface area contributed by atoms with Gasteiger partial charge in [0, 0.05) is 0 Å². The molecule has 0 saturated carbocycles. The first-order chi connectivity index (χ1) is 12.6. The average Bonchev–Trinajstić information content (AvgIpc) is 3.30. The maximum atomic E-state index is 2.44. The van der Waals surface area contributed by atoms with Crippen molar-refractivity contribution in [3.8, 4) is 0 Å². The predicted octanol–water partition coefficient (Wildman–Crippen LogP) is 1.15. The Morgan fingerprint density at radius 1 is 1.07 bits per heavy atom. The average molecular weight is 492 g/mol. The molecule has 0 spiro atoms. The molecule has 3 aliphatic carbocycles. The fraction of sp³-hybridized carbons (Fsp3) is 0.440. The summed E-state index contributed by atoms with van der Waals surface area (Å²) in [6.07, 6.45) is 14.4. The third-order valence-corrected chi connectivity index (χ3v) is 9.57. The van der Waals surface area contributed by atoms with Crippen LogP contribution in [-0.4, -0.2) is 0 Å². The summed E-state index contributed by atoms with van der Waals surface area (Å²) in [4.78, 5) is 0. The van der Waals surface area contributed by atoms with Gasteiger partial charge in [-0.2, -0.15) is 0 Å². The Balaban J connectivity index is 0.00000140. The molecule has 0 bridgehead atoms. The first-order valence-corrected chi connectivity index (χ1v) is 11.4. The number of hydrogen-bond acceptors (Lipinski definition) is 0. The van der Waals surface area contributed by atoms with E-state index in [-0.39, 0.29) is 33.4 Å². The molecule has 0 amide bonds. The number of rotatable bonds is 4. The molecule has 0 heterocycles. The second-order valence-corrected chi connectivity index (χ2v) is 9.88. The second kappa shape index (κ2) is 9.20. The molecular formula is C25H29Cl2Zr. The molecule has 0 N–H and O–H groups in total. The van der Waals surface area contributed by atoms with Crippen molar-refractivity contribution >= 4 is 0 Å². The van der Waals surface area contributed by atoms with Crippen LogP contribution in [0.15, 0.2) is 76.4 Å². The molecule has 2 unspecified atom stereocenters. The van der Waals surface area contributed by atoms with E-state index in [1.165, 1.54) is 31.2 Å². The fourth-order valence-corrected chi connectivity index (χ4v) is 7.24. The summed E-state index contributed by atoms with van der Waals surface area (Å²) in [7, 11) is 0. The molecular weight excluding hydrogens is 462 g/mol. The maximum Gasteiger partial charge on any atom is -1.00 e. The largest absolute Gasteiger partial charge is 1.00 e. The van der Waals surface area contributed by atoms with E-state index in [0.29, 0.717) is 0 Å². The van der Waals surface area contributed by atoms with Crippen LogP contribution in [0.4, 0.5) is 0 Å². The van der Waals surface area contributed by atoms with Crippen molar-refractivity contribution in [2.24, 2.45) is 0 Å². The van der Waals surface area contributed by atoms with Gasteiger partial charge in [-0.05, 0) is 0 Å². The van der Waals surface area contributed by atoms with Gasteiger partial charge in [0.15, 0.2) is 0 Å². The standard InChI is InChI=1S/C25H29.2ClH.Zr/c1-4-21-18(3)23(19-12-9-10-13-19)22-16-11-17-25(5-2,24(21)22)20-14-7-6-8-15-20;;;/h6-10,12,14-15H,4-5,11,13,16-17H2,1-3H3;2*1H;/q;;;+2/p-2. The van der Waals surface area contributed by atoms with Gasteiger partial charge in [0.05, 0.1) is 0 Å². The summed E-state index contributed by atoms with van der Waals surface area (Å²) in [5, 5.41) is 0. The number of hydrogen-bond donors (Lipinski definition) is 0. The van der Waals surface area contributed by atoms with Crippen LogP contribution in [-0.2, 0) is 30.1 Å². The summed E-state index contributed by atoms with van der Waals surface area (Å²) in [5.74, 6) is 0. The van der Waals surface area contributed by atoms with Gasteiger partial charge >= 0.3 is 175 Å². The predicted molar refractivity (Wildman–Crippen MR) is 107 cm³/mol. The molecule has 1 aromatic carbocycles. The van der Waals surface area contributed by atoms with Crippen LogP contribution in [0.5, 0.6) is 0 Å². The van der Waals surface area contributed by atoms with Gasteiger partial charge < -0.3 is 24.8 Å². The van der Waals surface area contributed by atoms with Crippen LogP contribution in [0.2, 0.25) is 3.12 Å². The Kier molecular flexibility index (Phi) is 7.86. The molecule has 3 heteroatoms. The molecule has 0 radical (unpaired) electrons.